The molecule has 1 heterocycles. The number of nitrogens with zero attached hydrogens (tertiary/aromatic N) is 1. The van der Waals surface area contributed by atoms with Gasteiger partial charge in [-0.3, -0.25) is 4.90 Å². The van der Waals surface area contributed by atoms with Crippen molar-refractivity contribution in [2.24, 2.45) is 0 Å². The third kappa shape index (κ3) is 6.26. The van der Waals surface area contributed by atoms with E-state index in [-0.39, 0.29) is 18.4 Å². The fourth-order valence-corrected chi connectivity index (χ4v) is 3.71. The lowest BCUT2D eigenvalue weighted by Crippen LogP contribution is -2.34. The standard InChI is InChI=1S/C23H23Cl2NO3.ClH/c1-28-23(27)17-7-6-12-26(15-17)13-14-29-16-20(18-8-2-4-10-21(18)24)19-9-3-5-11-22(19)25;/h2-5,7-11,16H,6,12-15H2,1H3;1H. The van der Waals surface area contributed by atoms with Gasteiger partial charge >= 0.3 is 5.97 Å². The number of esters is 1. The second-order valence-corrected chi connectivity index (χ2v) is 7.46. The maximum Gasteiger partial charge on any atom is 0.334 e. The molecule has 1 aliphatic rings. The third-order valence-electron chi connectivity index (χ3n) is 4.73. The summed E-state index contributed by atoms with van der Waals surface area (Å²) >= 11 is 12.8. The molecule has 160 valence electrons. The van der Waals surface area contributed by atoms with Crippen molar-refractivity contribution in [1.82, 2.24) is 4.90 Å². The highest BCUT2D eigenvalue weighted by molar-refractivity contribution is 6.34. The van der Waals surface area contributed by atoms with Gasteiger partial charge in [-0.25, -0.2) is 4.79 Å². The number of carbonyl (C=O) groups excluding carboxylic acids is 1. The lowest BCUT2D eigenvalue weighted by Gasteiger charge is -2.25. The summed E-state index contributed by atoms with van der Waals surface area (Å²) in [5.74, 6) is -0.268. The molecule has 0 aromatic heterocycles. The zero-order valence-corrected chi connectivity index (χ0v) is 19.0. The van der Waals surface area contributed by atoms with E-state index >= 15 is 0 Å². The van der Waals surface area contributed by atoms with Crippen molar-refractivity contribution >= 4 is 47.2 Å². The van der Waals surface area contributed by atoms with Crippen LogP contribution < -0.4 is 0 Å². The van der Waals surface area contributed by atoms with E-state index in [4.69, 9.17) is 32.7 Å². The summed E-state index contributed by atoms with van der Waals surface area (Å²) in [4.78, 5) is 13.9. The Balaban J connectivity index is 0.00000320. The Bertz CT molecular complexity index is 880. The third-order valence-corrected chi connectivity index (χ3v) is 5.39. The molecule has 0 saturated carbocycles. The molecule has 0 atom stereocenters. The minimum absolute atomic E-state index is 0. The van der Waals surface area contributed by atoms with Gasteiger partial charge in [0.2, 0.25) is 0 Å². The van der Waals surface area contributed by atoms with Gasteiger partial charge in [0.05, 0.1) is 13.4 Å². The lowest BCUT2D eigenvalue weighted by atomic mass is 9.99. The van der Waals surface area contributed by atoms with Gasteiger partial charge in [-0.2, -0.15) is 0 Å². The van der Waals surface area contributed by atoms with E-state index in [1.54, 1.807) is 6.26 Å². The Morgan fingerprint density at radius 2 is 1.67 bits per heavy atom. The van der Waals surface area contributed by atoms with Crippen LogP contribution in [0.4, 0.5) is 0 Å². The number of benzene rings is 2. The first-order valence-corrected chi connectivity index (χ1v) is 10.2. The van der Waals surface area contributed by atoms with E-state index < -0.39 is 0 Å². The largest absolute Gasteiger partial charge is 0.499 e. The predicted octanol–water partition coefficient (Wildman–Crippen LogP) is 5.63. The zero-order valence-electron chi connectivity index (χ0n) is 16.6. The SMILES string of the molecule is COC(=O)C1=CCCN(CCOC=C(c2ccccc2Cl)c2ccccc2Cl)C1.Cl. The number of methoxy groups -OCH3 is 1. The molecule has 0 radical (unpaired) electrons. The van der Waals surface area contributed by atoms with Crippen LogP contribution in [-0.2, 0) is 14.3 Å². The smallest absolute Gasteiger partial charge is 0.334 e. The quantitative estimate of drug-likeness (QED) is 0.300. The Labute approximate surface area is 193 Å². The molecule has 0 saturated heterocycles. The number of ether oxygens (including phenoxy) is 2. The molecule has 0 N–H and O–H groups in total. The van der Waals surface area contributed by atoms with Crippen LogP contribution in [0, 0.1) is 0 Å². The predicted molar refractivity (Wildman–Crippen MR) is 124 cm³/mol. The molecule has 1 aliphatic heterocycles. The van der Waals surface area contributed by atoms with E-state index in [1.807, 2.05) is 54.6 Å². The van der Waals surface area contributed by atoms with E-state index in [2.05, 4.69) is 4.90 Å². The molecule has 0 amide bonds. The van der Waals surface area contributed by atoms with E-state index in [9.17, 15) is 4.79 Å². The van der Waals surface area contributed by atoms with Gasteiger partial charge < -0.3 is 9.47 Å². The monoisotopic (exact) mass is 467 g/mol. The van der Waals surface area contributed by atoms with Crippen molar-refractivity contribution in [3.63, 3.8) is 0 Å². The van der Waals surface area contributed by atoms with Gasteiger partial charge in [0.1, 0.15) is 6.61 Å². The molecule has 0 spiro atoms. The zero-order chi connectivity index (χ0) is 20.6. The Kier molecular flexibility index (Phi) is 9.73. The average molecular weight is 469 g/mol. The maximum atomic E-state index is 11.7. The summed E-state index contributed by atoms with van der Waals surface area (Å²) in [7, 11) is 1.40. The molecule has 7 heteroatoms. The molecule has 2 aromatic carbocycles. The minimum Gasteiger partial charge on any atom is -0.499 e. The summed E-state index contributed by atoms with van der Waals surface area (Å²) in [5.41, 5.74) is 3.24. The molecule has 0 bridgehead atoms. The molecule has 0 fully saturated rings. The average Bonchev–Trinajstić information content (AvgIpc) is 2.75. The van der Waals surface area contributed by atoms with Crippen LogP contribution in [0.2, 0.25) is 10.0 Å². The Morgan fingerprint density at radius 1 is 1.07 bits per heavy atom. The van der Waals surface area contributed by atoms with E-state index in [1.165, 1.54) is 7.11 Å². The highest BCUT2D eigenvalue weighted by atomic mass is 35.5. The Hall–Kier alpha value is -1.98. The number of hydrogen-bond acceptors (Lipinski definition) is 4. The maximum absolute atomic E-state index is 11.7. The van der Waals surface area contributed by atoms with Gasteiger partial charge in [-0.05, 0) is 18.6 Å². The first kappa shape index (κ1) is 24.3. The highest BCUT2D eigenvalue weighted by Crippen LogP contribution is 2.33. The summed E-state index contributed by atoms with van der Waals surface area (Å²) < 4.78 is 10.7. The van der Waals surface area contributed by atoms with Crippen molar-refractivity contribution in [2.75, 3.05) is 33.4 Å². The first-order valence-electron chi connectivity index (χ1n) is 9.41. The van der Waals surface area contributed by atoms with Crippen molar-refractivity contribution in [2.45, 2.75) is 6.42 Å². The van der Waals surface area contributed by atoms with Crippen LogP contribution in [0.1, 0.15) is 17.5 Å². The van der Waals surface area contributed by atoms with E-state index in [0.29, 0.717) is 35.3 Å². The van der Waals surface area contributed by atoms with Crippen molar-refractivity contribution in [3.8, 4) is 0 Å². The van der Waals surface area contributed by atoms with E-state index in [0.717, 1.165) is 29.7 Å². The second kappa shape index (κ2) is 12.0. The number of halogens is 3. The molecular weight excluding hydrogens is 445 g/mol. The number of carbonyl (C=O) groups is 1. The molecule has 4 nitrogen and oxygen atoms in total. The first-order chi connectivity index (χ1) is 14.1. The highest BCUT2D eigenvalue weighted by Gasteiger charge is 2.18. The van der Waals surface area contributed by atoms with Gasteiger partial charge in [-0.1, -0.05) is 65.7 Å². The fourth-order valence-electron chi connectivity index (χ4n) is 3.23. The molecular formula is C23H24Cl3NO3. The van der Waals surface area contributed by atoms with Crippen molar-refractivity contribution in [1.29, 1.82) is 0 Å². The molecule has 0 unspecified atom stereocenters. The van der Waals surface area contributed by atoms with Crippen molar-refractivity contribution < 1.29 is 14.3 Å². The van der Waals surface area contributed by atoms with Crippen LogP contribution in [0.25, 0.3) is 5.57 Å². The topological polar surface area (TPSA) is 38.8 Å². The van der Waals surface area contributed by atoms with Gasteiger partial charge in [0.25, 0.3) is 0 Å². The molecule has 0 aliphatic carbocycles. The molecule has 3 rings (SSSR count). The fraction of sp³-hybridized carbons (Fsp3) is 0.261. The summed E-state index contributed by atoms with van der Waals surface area (Å²) in [5, 5.41) is 1.26. The number of hydrogen-bond donors (Lipinski definition) is 0. The van der Waals surface area contributed by atoms with Crippen LogP contribution in [-0.4, -0.2) is 44.2 Å². The summed E-state index contributed by atoms with van der Waals surface area (Å²) in [6, 6.07) is 15.2. The van der Waals surface area contributed by atoms with Crippen molar-refractivity contribution in [3.05, 3.63) is 87.6 Å². The van der Waals surface area contributed by atoms with Crippen LogP contribution >= 0.6 is 35.6 Å². The lowest BCUT2D eigenvalue weighted by molar-refractivity contribution is -0.136. The summed E-state index contributed by atoms with van der Waals surface area (Å²) in [6.45, 7) is 2.63. The molecule has 30 heavy (non-hydrogen) atoms. The number of rotatable bonds is 7. The van der Waals surface area contributed by atoms with Crippen LogP contribution in [0.3, 0.4) is 0 Å². The summed E-state index contributed by atoms with van der Waals surface area (Å²) in [6.07, 6.45) is 4.48. The second-order valence-electron chi connectivity index (χ2n) is 6.65. The van der Waals surface area contributed by atoms with Gasteiger partial charge in [-0.15, -0.1) is 12.4 Å². The van der Waals surface area contributed by atoms with Crippen LogP contribution in [0.15, 0.2) is 66.4 Å². The van der Waals surface area contributed by atoms with Crippen LogP contribution in [0.5, 0.6) is 0 Å². The van der Waals surface area contributed by atoms with Gasteiger partial charge in [0.15, 0.2) is 0 Å². The van der Waals surface area contributed by atoms with Gasteiger partial charge in [0, 0.05) is 52.0 Å². The molecule has 2 aromatic rings. The Morgan fingerprint density at radius 3 is 2.23 bits per heavy atom. The minimum atomic E-state index is -0.268. The normalized spacial score (nSPS) is 13.6.